The van der Waals surface area contributed by atoms with Gasteiger partial charge in [-0.05, 0) is 23.8 Å². The molecule has 0 amide bonds. The lowest BCUT2D eigenvalue weighted by Crippen LogP contribution is -1.94. The van der Waals surface area contributed by atoms with Crippen LogP contribution in [-0.4, -0.2) is 31.4 Å². The molecule has 0 unspecified atom stereocenters. The van der Waals surface area contributed by atoms with E-state index in [-0.39, 0.29) is 17.0 Å². The number of halogens is 1. The molecule has 0 saturated heterocycles. The number of nitro groups is 1. The van der Waals surface area contributed by atoms with Crippen LogP contribution in [0.1, 0.15) is 11.1 Å². The van der Waals surface area contributed by atoms with Crippen molar-refractivity contribution in [2.75, 3.05) is 5.43 Å². The highest BCUT2D eigenvalue weighted by molar-refractivity contribution is 9.10. The van der Waals surface area contributed by atoms with Crippen LogP contribution in [0.15, 0.2) is 57.2 Å². The summed E-state index contributed by atoms with van der Waals surface area (Å²) < 4.78 is 1.01. The molecule has 0 fully saturated rings. The number of phenolic OH excluding ortho intramolecular Hbond substituents is 1. The summed E-state index contributed by atoms with van der Waals surface area (Å²) in [5.41, 5.74) is 3.84. The second kappa shape index (κ2) is 8.64. The van der Waals surface area contributed by atoms with Crippen LogP contribution in [0.3, 0.4) is 0 Å². The number of nitro benzene ring substituents is 1. The van der Waals surface area contributed by atoms with E-state index < -0.39 is 4.92 Å². The second-order valence-electron chi connectivity index (χ2n) is 5.26. The van der Waals surface area contributed by atoms with Crippen molar-refractivity contribution in [1.29, 1.82) is 0 Å². The third-order valence-corrected chi connectivity index (χ3v) is 4.73. The molecule has 0 spiro atoms. The molecular formula is C16H13BrN6O3S. The number of thioether (sulfide) groups is 1. The van der Waals surface area contributed by atoms with E-state index in [0.717, 1.165) is 10.0 Å². The average Bonchev–Trinajstić information content (AvgIpc) is 3.09. The number of aromatic hydroxyl groups is 1. The fourth-order valence-corrected chi connectivity index (χ4v) is 3.25. The van der Waals surface area contributed by atoms with Gasteiger partial charge in [0, 0.05) is 27.9 Å². The zero-order valence-corrected chi connectivity index (χ0v) is 16.1. The molecule has 3 N–H and O–H groups in total. The first kappa shape index (κ1) is 18.9. The van der Waals surface area contributed by atoms with E-state index in [4.69, 9.17) is 0 Å². The first-order valence-corrected chi connectivity index (χ1v) is 9.35. The third-order valence-electron chi connectivity index (χ3n) is 3.32. The summed E-state index contributed by atoms with van der Waals surface area (Å²) in [5, 5.41) is 31.7. The predicted molar refractivity (Wildman–Crippen MR) is 106 cm³/mol. The van der Waals surface area contributed by atoms with Gasteiger partial charge in [-0.1, -0.05) is 39.8 Å². The summed E-state index contributed by atoms with van der Waals surface area (Å²) in [5.74, 6) is 0.906. The standard InChI is InChI=1S/C16H13BrN6O3S/c17-12-3-1-2-10(6-12)9-27-16-19-15(21-22-16)20-18-8-11-7-13(23(25)26)4-5-14(11)24/h1-8,24H,9H2,(H2,19,20,21,22). The van der Waals surface area contributed by atoms with Crippen molar-refractivity contribution in [2.45, 2.75) is 10.9 Å². The Bertz CT molecular complexity index is 994. The van der Waals surface area contributed by atoms with Gasteiger partial charge >= 0.3 is 0 Å². The van der Waals surface area contributed by atoms with Crippen molar-refractivity contribution in [3.8, 4) is 5.75 Å². The molecule has 3 rings (SSSR count). The number of hydrazone groups is 1. The monoisotopic (exact) mass is 448 g/mol. The highest BCUT2D eigenvalue weighted by Gasteiger charge is 2.09. The van der Waals surface area contributed by atoms with Crippen molar-refractivity contribution >= 4 is 45.5 Å². The van der Waals surface area contributed by atoms with Gasteiger partial charge in [0.15, 0.2) is 0 Å². The molecule has 0 atom stereocenters. The van der Waals surface area contributed by atoms with Gasteiger partial charge in [0.1, 0.15) is 5.75 Å². The Labute approximate surface area is 166 Å². The van der Waals surface area contributed by atoms with Gasteiger partial charge in [0.05, 0.1) is 11.1 Å². The molecule has 9 nitrogen and oxygen atoms in total. The zero-order chi connectivity index (χ0) is 19.2. The normalized spacial score (nSPS) is 11.0. The summed E-state index contributed by atoms with van der Waals surface area (Å²) in [6, 6.07) is 11.6. The Morgan fingerprint density at radius 3 is 3.00 bits per heavy atom. The van der Waals surface area contributed by atoms with Crippen LogP contribution in [0.25, 0.3) is 0 Å². The maximum absolute atomic E-state index is 10.8. The first-order valence-electron chi connectivity index (χ1n) is 7.57. The van der Waals surface area contributed by atoms with Gasteiger partial charge in [-0.25, -0.2) is 10.5 Å². The second-order valence-corrected chi connectivity index (χ2v) is 7.11. The van der Waals surface area contributed by atoms with Crippen LogP contribution in [0.4, 0.5) is 11.6 Å². The van der Waals surface area contributed by atoms with Crippen LogP contribution in [0.5, 0.6) is 5.75 Å². The molecule has 27 heavy (non-hydrogen) atoms. The number of hydrogen-bond acceptors (Lipinski definition) is 8. The lowest BCUT2D eigenvalue weighted by atomic mass is 10.2. The quantitative estimate of drug-likeness (QED) is 0.216. The number of nitrogens with one attached hydrogen (secondary N) is 2. The number of hydrogen-bond donors (Lipinski definition) is 3. The van der Waals surface area contributed by atoms with Crippen molar-refractivity contribution in [3.63, 3.8) is 0 Å². The van der Waals surface area contributed by atoms with Crippen molar-refractivity contribution in [2.24, 2.45) is 5.10 Å². The number of aromatic amines is 1. The molecular weight excluding hydrogens is 436 g/mol. The molecule has 0 radical (unpaired) electrons. The molecule has 0 aliphatic carbocycles. The van der Waals surface area contributed by atoms with Crippen LogP contribution in [0.2, 0.25) is 0 Å². The van der Waals surface area contributed by atoms with Crippen LogP contribution >= 0.6 is 27.7 Å². The van der Waals surface area contributed by atoms with Crippen LogP contribution in [0, 0.1) is 10.1 Å². The van der Waals surface area contributed by atoms with Gasteiger partial charge in [-0.2, -0.15) is 10.1 Å². The molecule has 1 aromatic heterocycles. The molecule has 0 saturated carbocycles. The van der Waals surface area contributed by atoms with Crippen LogP contribution in [-0.2, 0) is 5.75 Å². The fraction of sp³-hybridized carbons (Fsp3) is 0.0625. The van der Waals surface area contributed by atoms with Gasteiger partial charge in [0.2, 0.25) is 11.1 Å². The van der Waals surface area contributed by atoms with E-state index in [9.17, 15) is 15.2 Å². The van der Waals surface area contributed by atoms with Crippen molar-refractivity contribution in [3.05, 3.63) is 68.2 Å². The Morgan fingerprint density at radius 1 is 1.37 bits per heavy atom. The summed E-state index contributed by atoms with van der Waals surface area (Å²) in [6.45, 7) is 0. The molecule has 0 bridgehead atoms. The Hall–Kier alpha value is -2.92. The van der Waals surface area contributed by atoms with E-state index in [1.807, 2.05) is 24.3 Å². The van der Waals surface area contributed by atoms with Crippen molar-refractivity contribution < 1.29 is 10.0 Å². The summed E-state index contributed by atoms with van der Waals surface area (Å²) >= 11 is 4.89. The van der Waals surface area contributed by atoms with E-state index in [1.165, 1.54) is 36.2 Å². The number of H-pyrrole nitrogens is 1. The van der Waals surface area contributed by atoms with Gasteiger partial charge in [0.25, 0.3) is 5.69 Å². The van der Waals surface area contributed by atoms with E-state index in [2.05, 4.69) is 41.6 Å². The maximum atomic E-state index is 10.8. The summed E-state index contributed by atoms with van der Waals surface area (Å²) in [7, 11) is 0. The lowest BCUT2D eigenvalue weighted by molar-refractivity contribution is -0.384. The highest BCUT2D eigenvalue weighted by Crippen LogP contribution is 2.23. The Kier molecular flexibility index (Phi) is 6.04. The highest BCUT2D eigenvalue weighted by atomic mass is 79.9. The molecule has 2 aromatic carbocycles. The first-order chi connectivity index (χ1) is 13.0. The smallest absolute Gasteiger partial charge is 0.270 e. The van der Waals surface area contributed by atoms with Gasteiger partial charge < -0.3 is 5.11 Å². The number of non-ortho nitro benzene ring substituents is 1. The lowest BCUT2D eigenvalue weighted by Gasteiger charge is -1.99. The largest absolute Gasteiger partial charge is 0.507 e. The number of benzene rings is 2. The molecule has 11 heteroatoms. The fourth-order valence-electron chi connectivity index (χ4n) is 2.06. The summed E-state index contributed by atoms with van der Waals surface area (Å²) in [6.07, 6.45) is 1.26. The van der Waals surface area contributed by atoms with Gasteiger partial charge in [-0.3, -0.25) is 10.1 Å². The zero-order valence-electron chi connectivity index (χ0n) is 13.7. The topological polar surface area (TPSA) is 129 Å². The van der Waals surface area contributed by atoms with Gasteiger partial charge in [-0.15, -0.1) is 5.10 Å². The predicted octanol–water partition coefficient (Wildman–Crippen LogP) is 3.92. The van der Waals surface area contributed by atoms with E-state index >= 15 is 0 Å². The maximum Gasteiger partial charge on any atom is 0.270 e. The molecule has 3 aromatic rings. The third kappa shape index (κ3) is 5.28. The Balaban J connectivity index is 1.59. The van der Waals surface area contributed by atoms with Crippen LogP contribution < -0.4 is 5.43 Å². The number of aromatic nitrogens is 3. The number of phenols is 1. The minimum Gasteiger partial charge on any atom is -0.507 e. The van der Waals surface area contributed by atoms with Crippen molar-refractivity contribution in [1.82, 2.24) is 15.2 Å². The molecule has 0 aliphatic heterocycles. The number of rotatable bonds is 7. The Morgan fingerprint density at radius 2 is 2.22 bits per heavy atom. The average molecular weight is 449 g/mol. The van der Waals surface area contributed by atoms with E-state index in [0.29, 0.717) is 16.9 Å². The number of anilines is 1. The molecule has 0 aliphatic rings. The minimum absolute atomic E-state index is 0.117. The SMILES string of the molecule is O=[N+]([O-])c1ccc(O)c(C=NNc2nc(SCc3cccc(Br)c3)n[nH]2)c1. The minimum atomic E-state index is -0.546. The molecule has 1 heterocycles. The summed E-state index contributed by atoms with van der Waals surface area (Å²) in [4.78, 5) is 14.5. The molecule has 138 valence electrons. The number of nitrogens with zero attached hydrogens (tertiary/aromatic N) is 4. The van der Waals surface area contributed by atoms with E-state index in [1.54, 1.807) is 0 Å².